The number of rotatable bonds is 4. The number of nitrogens with one attached hydrogen (secondary N) is 1. The average molecular weight is 327 g/mol. The summed E-state index contributed by atoms with van der Waals surface area (Å²) in [6.45, 7) is 1.55. The Bertz CT molecular complexity index is 850. The number of carboxylic acids is 1. The lowest BCUT2D eigenvalue weighted by Gasteiger charge is -2.12. The Hall–Kier alpha value is -2.48. The van der Waals surface area contributed by atoms with Crippen molar-refractivity contribution in [2.24, 2.45) is 0 Å². The monoisotopic (exact) mass is 327 g/mol. The van der Waals surface area contributed by atoms with Crippen molar-refractivity contribution in [1.29, 1.82) is 0 Å². The molecule has 0 aromatic heterocycles. The second kappa shape index (κ2) is 5.72. The molecule has 0 saturated heterocycles. The molecule has 0 bridgehead atoms. The van der Waals surface area contributed by atoms with Crippen LogP contribution >= 0.6 is 0 Å². The zero-order valence-electron chi connectivity index (χ0n) is 11.3. The molecule has 2 aromatic rings. The SMILES string of the molecule is Cc1ccc(C(=O)O)cc1NS(=O)(=O)c1cc(F)ccc1F. The smallest absolute Gasteiger partial charge is 0.335 e. The minimum atomic E-state index is -4.39. The number of hydrogen-bond acceptors (Lipinski definition) is 3. The van der Waals surface area contributed by atoms with Crippen molar-refractivity contribution >= 4 is 21.7 Å². The molecule has 0 fully saturated rings. The van der Waals surface area contributed by atoms with E-state index < -0.39 is 32.5 Å². The zero-order chi connectivity index (χ0) is 16.5. The highest BCUT2D eigenvalue weighted by molar-refractivity contribution is 7.92. The maximum Gasteiger partial charge on any atom is 0.335 e. The van der Waals surface area contributed by atoms with E-state index in [2.05, 4.69) is 4.72 Å². The van der Waals surface area contributed by atoms with Crippen LogP contribution in [-0.2, 0) is 10.0 Å². The van der Waals surface area contributed by atoms with Gasteiger partial charge in [-0.2, -0.15) is 0 Å². The van der Waals surface area contributed by atoms with Gasteiger partial charge in [-0.15, -0.1) is 0 Å². The molecule has 0 aliphatic heterocycles. The number of carboxylic acid groups (broad SMARTS) is 1. The van der Waals surface area contributed by atoms with E-state index in [1.165, 1.54) is 12.1 Å². The quantitative estimate of drug-likeness (QED) is 0.904. The van der Waals surface area contributed by atoms with Gasteiger partial charge >= 0.3 is 5.97 Å². The molecule has 0 aliphatic rings. The molecule has 0 atom stereocenters. The maximum atomic E-state index is 13.6. The van der Waals surface area contributed by atoms with Gasteiger partial charge in [-0.1, -0.05) is 6.07 Å². The largest absolute Gasteiger partial charge is 0.478 e. The maximum absolute atomic E-state index is 13.6. The molecule has 0 amide bonds. The summed E-state index contributed by atoms with van der Waals surface area (Å²) in [5.41, 5.74) is 0.275. The summed E-state index contributed by atoms with van der Waals surface area (Å²) in [6.07, 6.45) is 0. The first-order valence-electron chi connectivity index (χ1n) is 6.02. The van der Waals surface area contributed by atoms with Crippen LogP contribution in [0.25, 0.3) is 0 Å². The van der Waals surface area contributed by atoms with Gasteiger partial charge in [0.15, 0.2) is 0 Å². The molecular formula is C14H11F2NO4S. The summed E-state index contributed by atoms with van der Waals surface area (Å²) in [5, 5.41) is 8.91. The minimum absolute atomic E-state index is 0.0245. The Morgan fingerprint density at radius 2 is 1.82 bits per heavy atom. The molecule has 116 valence electrons. The van der Waals surface area contributed by atoms with E-state index in [0.29, 0.717) is 17.7 Å². The van der Waals surface area contributed by atoms with Crippen LogP contribution in [0, 0.1) is 18.6 Å². The highest BCUT2D eigenvalue weighted by atomic mass is 32.2. The van der Waals surface area contributed by atoms with E-state index in [9.17, 15) is 22.0 Å². The molecule has 2 N–H and O–H groups in total. The summed E-state index contributed by atoms with van der Waals surface area (Å²) < 4.78 is 53.1. The van der Waals surface area contributed by atoms with E-state index in [4.69, 9.17) is 5.11 Å². The molecule has 22 heavy (non-hydrogen) atoms. The van der Waals surface area contributed by atoms with Gasteiger partial charge in [0.2, 0.25) is 0 Å². The standard InChI is InChI=1S/C14H11F2NO4S/c1-8-2-3-9(14(18)19)6-12(8)17-22(20,21)13-7-10(15)4-5-11(13)16/h2-7,17H,1H3,(H,18,19). The Morgan fingerprint density at radius 1 is 1.14 bits per heavy atom. The lowest BCUT2D eigenvalue weighted by Crippen LogP contribution is -2.16. The third-order valence-electron chi connectivity index (χ3n) is 2.91. The normalized spacial score (nSPS) is 11.2. The average Bonchev–Trinajstić information content (AvgIpc) is 2.43. The third-order valence-corrected chi connectivity index (χ3v) is 4.29. The van der Waals surface area contributed by atoms with Crippen molar-refractivity contribution in [1.82, 2.24) is 0 Å². The zero-order valence-corrected chi connectivity index (χ0v) is 12.1. The van der Waals surface area contributed by atoms with Gasteiger partial charge in [-0.05, 0) is 42.8 Å². The van der Waals surface area contributed by atoms with E-state index >= 15 is 0 Å². The van der Waals surface area contributed by atoms with E-state index in [1.54, 1.807) is 6.92 Å². The number of anilines is 1. The number of hydrogen-bond donors (Lipinski definition) is 2. The molecule has 5 nitrogen and oxygen atoms in total. The summed E-state index contributed by atoms with van der Waals surface area (Å²) >= 11 is 0. The molecule has 2 rings (SSSR count). The third kappa shape index (κ3) is 3.22. The predicted molar refractivity (Wildman–Crippen MR) is 75.3 cm³/mol. The molecule has 0 heterocycles. The Labute approximate surface area is 125 Å². The van der Waals surface area contributed by atoms with Crippen molar-refractivity contribution in [2.45, 2.75) is 11.8 Å². The lowest BCUT2D eigenvalue weighted by atomic mass is 10.1. The topological polar surface area (TPSA) is 83.5 Å². The van der Waals surface area contributed by atoms with Crippen LogP contribution in [0.15, 0.2) is 41.3 Å². The summed E-state index contributed by atoms with van der Waals surface area (Å²) in [7, 11) is -4.39. The highest BCUT2D eigenvalue weighted by Crippen LogP contribution is 2.23. The summed E-state index contributed by atoms with van der Waals surface area (Å²) in [4.78, 5) is 10.1. The molecule has 2 aromatic carbocycles. The van der Waals surface area contributed by atoms with Crippen molar-refractivity contribution in [2.75, 3.05) is 4.72 Å². The van der Waals surface area contributed by atoms with Crippen LogP contribution in [-0.4, -0.2) is 19.5 Å². The first-order chi connectivity index (χ1) is 10.2. The van der Waals surface area contributed by atoms with Gasteiger partial charge < -0.3 is 5.11 Å². The molecule has 0 aliphatic carbocycles. The molecule has 0 spiro atoms. The van der Waals surface area contributed by atoms with Gasteiger partial charge in [-0.3, -0.25) is 4.72 Å². The van der Waals surface area contributed by atoms with Crippen LogP contribution in [0.5, 0.6) is 0 Å². The van der Waals surface area contributed by atoms with Crippen LogP contribution in [0.3, 0.4) is 0 Å². The minimum Gasteiger partial charge on any atom is -0.478 e. The Morgan fingerprint density at radius 3 is 2.45 bits per heavy atom. The van der Waals surface area contributed by atoms with Crippen LogP contribution in [0.2, 0.25) is 0 Å². The number of aromatic carboxylic acids is 1. The number of carbonyl (C=O) groups is 1. The van der Waals surface area contributed by atoms with Crippen LogP contribution in [0.4, 0.5) is 14.5 Å². The predicted octanol–water partition coefficient (Wildman–Crippen LogP) is 2.77. The van der Waals surface area contributed by atoms with Gasteiger partial charge in [0, 0.05) is 0 Å². The number of aryl methyl sites for hydroxylation is 1. The fourth-order valence-corrected chi connectivity index (χ4v) is 2.96. The molecule has 8 heteroatoms. The second-order valence-corrected chi connectivity index (χ2v) is 6.17. The molecule has 0 radical (unpaired) electrons. The van der Waals surface area contributed by atoms with Gasteiger partial charge in [0.25, 0.3) is 10.0 Å². The summed E-state index contributed by atoms with van der Waals surface area (Å²) in [6, 6.07) is 5.86. The van der Waals surface area contributed by atoms with Crippen LogP contribution < -0.4 is 4.72 Å². The van der Waals surface area contributed by atoms with Gasteiger partial charge in [0.05, 0.1) is 11.3 Å². The van der Waals surface area contributed by atoms with Gasteiger partial charge in [0.1, 0.15) is 16.5 Å². The Balaban J connectivity index is 2.47. The lowest BCUT2D eigenvalue weighted by molar-refractivity contribution is 0.0697. The van der Waals surface area contributed by atoms with E-state index in [0.717, 1.165) is 12.1 Å². The van der Waals surface area contributed by atoms with Crippen molar-refractivity contribution in [3.05, 3.63) is 59.2 Å². The van der Waals surface area contributed by atoms with E-state index in [-0.39, 0.29) is 11.3 Å². The molecule has 0 unspecified atom stereocenters. The number of benzene rings is 2. The number of halogens is 2. The second-order valence-electron chi connectivity index (χ2n) is 4.52. The number of sulfonamides is 1. The van der Waals surface area contributed by atoms with Crippen LogP contribution in [0.1, 0.15) is 15.9 Å². The first kappa shape index (κ1) is 15.9. The first-order valence-corrected chi connectivity index (χ1v) is 7.51. The fourth-order valence-electron chi connectivity index (χ4n) is 1.75. The highest BCUT2D eigenvalue weighted by Gasteiger charge is 2.21. The van der Waals surface area contributed by atoms with Crippen molar-refractivity contribution < 1.29 is 27.1 Å². The molecular weight excluding hydrogens is 316 g/mol. The van der Waals surface area contributed by atoms with Crippen molar-refractivity contribution in [3.63, 3.8) is 0 Å². The fraction of sp³-hybridized carbons (Fsp3) is 0.0714. The summed E-state index contributed by atoms with van der Waals surface area (Å²) in [5.74, 6) is -3.25. The van der Waals surface area contributed by atoms with Gasteiger partial charge in [-0.25, -0.2) is 22.0 Å². The van der Waals surface area contributed by atoms with Crippen molar-refractivity contribution in [3.8, 4) is 0 Å². The van der Waals surface area contributed by atoms with E-state index in [1.807, 2.05) is 0 Å². The Kier molecular flexibility index (Phi) is 4.14. The molecule has 0 saturated carbocycles.